The first-order chi connectivity index (χ1) is 23.2. The molecule has 252 valence electrons. The van der Waals surface area contributed by atoms with Crippen molar-refractivity contribution in [1.29, 1.82) is 0 Å². The summed E-state index contributed by atoms with van der Waals surface area (Å²) >= 11 is 1.36. The molecule has 2 heteroatoms. The van der Waals surface area contributed by atoms with Crippen molar-refractivity contribution in [2.24, 2.45) is 0 Å². The SMILES string of the molecule is CC(C)c1cc2c(-c3cccc4ccccc34)cccc2[cH-]1.Cc1cc2c(-c3cccc4ccccc34)ccc(C(C)(C)C)c2[cH-]1.[CH3-].[CH3-].[Si]=[Zr]. The molecule has 0 unspecified atom stereocenters. The van der Waals surface area contributed by atoms with Gasteiger partial charge in [-0.1, -0.05) is 150 Å². The van der Waals surface area contributed by atoms with E-state index in [1.165, 1.54) is 105 Å². The molecule has 0 N–H and O–H groups in total. The van der Waals surface area contributed by atoms with Crippen molar-refractivity contribution in [2.75, 3.05) is 0 Å². The number of rotatable bonds is 3. The Morgan fingerprint density at radius 1 is 0.540 bits per heavy atom. The van der Waals surface area contributed by atoms with E-state index in [9.17, 15) is 0 Å². The van der Waals surface area contributed by atoms with Crippen LogP contribution in [0.3, 0.4) is 0 Å². The average molecular weight is 744 g/mol. The molecular weight excluding hydrogens is 696 g/mol. The molecule has 0 bridgehead atoms. The summed E-state index contributed by atoms with van der Waals surface area (Å²) in [6, 6.07) is 51.1. The summed E-state index contributed by atoms with van der Waals surface area (Å²) in [5, 5.41) is 10.7. The van der Waals surface area contributed by atoms with Gasteiger partial charge in [0.15, 0.2) is 0 Å². The van der Waals surface area contributed by atoms with Gasteiger partial charge in [0.2, 0.25) is 0 Å². The first kappa shape index (κ1) is 39.0. The fraction of sp³-hybridized carbons (Fsp3) is 0.167. The van der Waals surface area contributed by atoms with Gasteiger partial charge in [0, 0.05) is 0 Å². The molecule has 0 aromatic heterocycles. The van der Waals surface area contributed by atoms with Crippen molar-refractivity contribution in [3.63, 3.8) is 0 Å². The van der Waals surface area contributed by atoms with E-state index in [0.717, 1.165) is 0 Å². The molecule has 0 aliphatic carbocycles. The zero-order valence-electron chi connectivity index (χ0n) is 30.9. The Kier molecular flexibility index (Phi) is 12.8. The van der Waals surface area contributed by atoms with Crippen LogP contribution in [-0.2, 0) is 28.8 Å². The maximum atomic E-state index is 3.06. The summed E-state index contributed by atoms with van der Waals surface area (Å²) in [5.41, 5.74) is 9.65. The van der Waals surface area contributed by atoms with Gasteiger partial charge in [-0.25, -0.2) is 0 Å². The summed E-state index contributed by atoms with van der Waals surface area (Å²) in [7, 11) is 0. The van der Waals surface area contributed by atoms with Crippen LogP contribution in [0.1, 0.15) is 57.2 Å². The Morgan fingerprint density at radius 3 is 1.56 bits per heavy atom. The molecule has 2 radical (unpaired) electrons. The molecule has 8 aromatic rings. The summed E-state index contributed by atoms with van der Waals surface area (Å²) < 4.78 is 0. The molecule has 0 aliphatic rings. The maximum absolute atomic E-state index is 3.06. The molecule has 0 atom stereocenters. The number of hydrogen-bond acceptors (Lipinski definition) is 0. The average Bonchev–Trinajstić information content (AvgIpc) is 3.72. The molecule has 0 amide bonds. The Hall–Kier alpha value is -3.84. The van der Waals surface area contributed by atoms with Gasteiger partial charge in [-0.3, -0.25) is 0 Å². The molecule has 0 saturated heterocycles. The number of aryl methyl sites for hydroxylation is 1. The molecular formula is C48H48SiZr-4. The zero-order valence-corrected chi connectivity index (χ0v) is 34.3. The van der Waals surface area contributed by atoms with Gasteiger partial charge in [-0.05, 0) is 44.0 Å². The topological polar surface area (TPSA) is 0 Å². The Bertz CT molecular complexity index is 2350. The Balaban J connectivity index is 0.000000207. The quantitative estimate of drug-likeness (QED) is 0.125. The van der Waals surface area contributed by atoms with Crippen LogP contribution in [0.4, 0.5) is 0 Å². The Labute approximate surface area is 317 Å². The van der Waals surface area contributed by atoms with Crippen molar-refractivity contribution in [1.82, 2.24) is 0 Å². The van der Waals surface area contributed by atoms with E-state index in [2.05, 4.69) is 188 Å². The van der Waals surface area contributed by atoms with Crippen LogP contribution < -0.4 is 0 Å². The molecule has 0 heterocycles. The van der Waals surface area contributed by atoms with Crippen molar-refractivity contribution in [3.05, 3.63) is 171 Å². The van der Waals surface area contributed by atoms with E-state index in [4.69, 9.17) is 0 Å². The van der Waals surface area contributed by atoms with Crippen molar-refractivity contribution < 1.29 is 23.3 Å². The van der Waals surface area contributed by atoms with E-state index in [1.807, 2.05) is 0 Å². The van der Waals surface area contributed by atoms with Gasteiger partial charge in [0.1, 0.15) is 0 Å². The summed E-state index contributed by atoms with van der Waals surface area (Å²) in [5.74, 6) is 0.563. The van der Waals surface area contributed by atoms with Gasteiger partial charge >= 0.3 is 30.2 Å². The van der Waals surface area contributed by atoms with E-state index in [-0.39, 0.29) is 20.3 Å². The van der Waals surface area contributed by atoms with E-state index >= 15 is 0 Å². The minimum atomic E-state index is 0. The van der Waals surface area contributed by atoms with Gasteiger partial charge in [0.25, 0.3) is 0 Å². The second kappa shape index (κ2) is 16.5. The third-order valence-electron chi connectivity index (χ3n) is 9.44. The number of benzene rings is 6. The van der Waals surface area contributed by atoms with Gasteiger partial charge in [-0.15, -0.1) is 68.6 Å². The molecule has 0 aliphatic heterocycles. The summed E-state index contributed by atoms with van der Waals surface area (Å²) in [6.45, 7) is 16.6. The van der Waals surface area contributed by atoms with Crippen LogP contribution in [0.5, 0.6) is 0 Å². The summed E-state index contributed by atoms with van der Waals surface area (Å²) in [4.78, 5) is 0. The van der Waals surface area contributed by atoms with E-state index in [0.29, 0.717) is 5.92 Å². The van der Waals surface area contributed by atoms with E-state index in [1.54, 1.807) is 0 Å². The number of fused-ring (bicyclic) bond motifs is 4. The molecule has 0 spiro atoms. The predicted octanol–water partition coefficient (Wildman–Crippen LogP) is 14.0. The predicted molar refractivity (Wildman–Crippen MR) is 221 cm³/mol. The van der Waals surface area contributed by atoms with Crippen LogP contribution in [0, 0.1) is 21.8 Å². The first-order valence-corrected chi connectivity index (χ1v) is 21.0. The second-order valence-corrected chi connectivity index (χ2v) is 14.1. The second-order valence-electron chi connectivity index (χ2n) is 14.1. The van der Waals surface area contributed by atoms with Crippen LogP contribution in [0.15, 0.2) is 140 Å². The van der Waals surface area contributed by atoms with Crippen LogP contribution in [-0.4, -0.2) is 6.88 Å². The van der Waals surface area contributed by atoms with Gasteiger partial charge in [0.05, 0.1) is 0 Å². The third kappa shape index (κ3) is 7.73. The molecule has 8 aromatic carbocycles. The zero-order chi connectivity index (χ0) is 34.0. The van der Waals surface area contributed by atoms with Crippen LogP contribution in [0.25, 0.3) is 65.3 Å². The van der Waals surface area contributed by atoms with Crippen LogP contribution >= 0.6 is 0 Å². The van der Waals surface area contributed by atoms with Crippen LogP contribution in [0.2, 0.25) is 0 Å². The summed E-state index contributed by atoms with van der Waals surface area (Å²) in [6.07, 6.45) is 0. The minimum absolute atomic E-state index is 0. The first-order valence-electron chi connectivity index (χ1n) is 16.8. The van der Waals surface area contributed by atoms with Crippen molar-refractivity contribution in [2.45, 2.75) is 52.9 Å². The molecule has 0 nitrogen and oxygen atoms in total. The molecule has 0 fully saturated rings. The van der Waals surface area contributed by atoms with Gasteiger partial charge < -0.3 is 14.9 Å². The fourth-order valence-corrected chi connectivity index (χ4v) is 7.08. The van der Waals surface area contributed by atoms with Crippen molar-refractivity contribution >= 4 is 50.0 Å². The normalized spacial score (nSPS) is 11.0. The van der Waals surface area contributed by atoms with Gasteiger partial charge in [-0.2, -0.15) is 12.1 Å². The standard InChI is InChI=1S/C24H23.C22H19.2CH3.Si.Zr/c1-16-14-21-20(12-13-23(22(21)15-16)24(2,3)4)19-11-7-9-17-8-5-6-10-18(17)19;1-15(2)18-13-17-9-6-12-21(22(17)14-18)20-11-5-8-16-7-3-4-10-19(16)20;;;;/h5-15H,1-4H3;3-15H,1-2H3;2*1H3;;/q4*-1;;. The van der Waals surface area contributed by atoms with E-state index < -0.39 is 0 Å². The molecule has 50 heavy (non-hydrogen) atoms. The Morgan fingerprint density at radius 2 is 1.02 bits per heavy atom. The monoisotopic (exact) mass is 742 g/mol. The fourth-order valence-electron chi connectivity index (χ4n) is 7.08. The third-order valence-corrected chi connectivity index (χ3v) is 9.44. The molecule has 8 rings (SSSR count). The number of hydrogen-bond donors (Lipinski definition) is 0. The molecule has 0 saturated carbocycles. The van der Waals surface area contributed by atoms with Crippen molar-refractivity contribution in [3.8, 4) is 22.3 Å².